The van der Waals surface area contributed by atoms with Gasteiger partial charge in [-0.05, 0) is 31.4 Å². The molecule has 0 bridgehead atoms. The highest BCUT2D eigenvalue weighted by molar-refractivity contribution is 6.33. The van der Waals surface area contributed by atoms with Gasteiger partial charge in [0.15, 0.2) is 0 Å². The second-order valence-corrected chi connectivity index (χ2v) is 6.73. The topological polar surface area (TPSA) is 53.0 Å². The third-order valence-corrected chi connectivity index (χ3v) is 5.51. The minimum Gasteiger partial charge on any atom is -0.393 e. The van der Waals surface area contributed by atoms with Crippen LogP contribution >= 0.6 is 11.6 Å². The Balaban J connectivity index is 1.68. The molecule has 1 aromatic rings. The van der Waals surface area contributed by atoms with Crippen molar-refractivity contribution in [1.82, 2.24) is 4.90 Å². The van der Waals surface area contributed by atoms with Crippen LogP contribution in [0, 0.1) is 0 Å². The van der Waals surface area contributed by atoms with Crippen LogP contribution in [0.3, 0.4) is 0 Å². The van der Waals surface area contributed by atoms with Crippen molar-refractivity contribution in [3.8, 4) is 0 Å². The van der Waals surface area contributed by atoms with Crippen LogP contribution in [0.4, 0.5) is 5.69 Å². The van der Waals surface area contributed by atoms with Crippen LogP contribution in [-0.2, 0) is 9.53 Å². The average Bonchev–Trinajstić information content (AvgIpc) is 2.97. The summed E-state index contributed by atoms with van der Waals surface area (Å²) in [7, 11) is 1.64. The number of methoxy groups -OCH3 is 1. The van der Waals surface area contributed by atoms with Crippen molar-refractivity contribution < 1.29 is 14.6 Å². The first kappa shape index (κ1) is 16.7. The number of ether oxygens (including phenoxy) is 1. The summed E-state index contributed by atoms with van der Waals surface area (Å²) in [4.78, 5) is 16.8. The number of nitrogens with zero attached hydrogens (tertiary/aromatic N) is 2. The summed E-state index contributed by atoms with van der Waals surface area (Å²) in [6, 6.07) is 7.37. The van der Waals surface area contributed by atoms with Gasteiger partial charge in [0.1, 0.15) is 0 Å². The van der Waals surface area contributed by atoms with Crippen molar-refractivity contribution >= 4 is 23.2 Å². The molecular weight excluding hydrogens is 316 g/mol. The van der Waals surface area contributed by atoms with Crippen LogP contribution < -0.4 is 4.90 Å². The van der Waals surface area contributed by atoms with Crippen LogP contribution in [-0.4, -0.2) is 60.9 Å². The second kappa shape index (κ2) is 6.77. The highest BCUT2D eigenvalue weighted by atomic mass is 35.5. The maximum atomic E-state index is 12.8. The number of rotatable bonds is 4. The Hall–Kier alpha value is -1.14. The van der Waals surface area contributed by atoms with Gasteiger partial charge in [-0.15, -0.1) is 0 Å². The molecule has 5 nitrogen and oxygen atoms in total. The number of amides is 1. The fraction of sp³-hybridized carbons (Fsp3) is 0.588. The highest BCUT2D eigenvalue weighted by Crippen LogP contribution is 2.33. The molecule has 2 fully saturated rings. The van der Waals surface area contributed by atoms with E-state index in [-0.39, 0.29) is 18.6 Å². The maximum Gasteiger partial charge on any atom is 0.244 e. The Labute approximate surface area is 141 Å². The predicted octanol–water partition coefficient (Wildman–Crippen LogP) is 1.92. The first-order valence-electron chi connectivity index (χ1n) is 8.06. The fourth-order valence-electron chi connectivity index (χ4n) is 3.58. The predicted molar refractivity (Wildman–Crippen MR) is 89.8 cm³/mol. The van der Waals surface area contributed by atoms with Crippen LogP contribution in [0.2, 0.25) is 5.02 Å². The number of aliphatic hydroxyl groups is 1. The van der Waals surface area contributed by atoms with Gasteiger partial charge in [0.2, 0.25) is 5.91 Å². The number of para-hydroxylation sites is 1. The summed E-state index contributed by atoms with van der Waals surface area (Å²) in [5.41, 5.74) is 0.348. The van der Waals surface area contributed by atoms with Crippen molar-refractivity contribution in [1.29, 1.82) is 0 Å². The molecule has 0 spiro atoms. The zero-order chi connectivity index (χ0) is 16.4. The zero-order valence-electron chi connectivity index (χ0n) is 13.4. The molecule has 1 amide bonds. The number of carbonyl (C=O) groups excluding carboxylic acids is 1. The summed E-state index contributed by atoms with van der Waals surface area (Å²) in [6.07, 6.45) is 2.30. The first-order valence-corrected chi connectivity index (χ1v) is 8.44. The van der Waals surface area contributed by atoms with E-state index in [1.165, 1.54) is 0 Å². The molecule has 0 radical (unpaired) electrons. The Bertz CT molecular complexity index is 567. The first-order chi connectivity index (χ1) is 11.1. The van der Waals surface area contributed by atoms with E-state index in [0.29, 0.717) is 11.6 Å². The lowest BCUT2D eigenvalue weighted by atomic mass is 9.91. The summed E-state index contributed by atoms with van der Waals surface area (Å²) in [5, 5.41) is 10.1. The summed E-state index contributed by atoms with van der Waals surface area (Å²) < 4.78 is 5.48. The van der Waals surface area contributed by atoms with Gasteiger partial charge in [-0.2, -0.15) is 0 Å². The van der Waals surface area contributed by atoms with Crippen LogP contribution in [0.15, 0.2) is 24.3 Å². The van der Waals surface area contributed by atoms with Crippen molar-refractivity contribution in [2.24, 2.45) is 0 Å². The molecule has 0 aliphatic carbocycles. The monoisotopic (exact) mass is 338 g/mol. The van der Waals surface area contributed by atoms with E-state index in [1.54, 1.807) is 12.0 Å². The number of hydrogen-bond acceptors (Lipinski definition) is 4. The third-order valence-electron chi connectivity index (χ3n) is 5.19. The van der Waals surface area contributed by atoms with E-state index in [2.05, 4.69) is 4.90 Å². The third kappa shape index (κ3) is 3.11. The zero-order valence-corrected chi connectivity index (χ0v) is 14.1. The quantitative estimate of drug-likeness (QED) is 0.911. The van der Waals surface area contributed by atoms with Gasteiger partial charge in [-0.1, -0.05) is 23.7 Å². The molecule has 2 aliphatic rings. The van der Waals surface area contributed by atoms with Gasteiger partial charge in [-0.25, -0.2) is 0 Å². The minimum atomic E-state index is -0.444. The number of hydrogen-bond donors (Lipinski definition) is 1. The normalized spacial score (nSPS) is 25.1. The molecule has 0 saturated carbocycles. The van der Waals surface area contributed by atoms with E-state index in [0.717, 1.165) is 38.0 Å². The van der Waals surface area contributed by atoms with E-state index < -0.39 is 5.60 Å². The number of carbonyl (C=O) groups is 1. The van der Waals surface area contributed by atoms with Gasteiger partial charge in [-0.3, -0.25) is 9.69 Å². The Morgan fingerprint density at radius 1 is 1.30 bits per heavy atom. The van der Waals surface area contributed by atoms with Crippen molar-refractivity contribution in [2.45, 2.75) is 30.9 Å². The Morgan fingerprint density at radius 2 is 2.00 bits per heavy atom. The van der Waals surface area contributed by atoms with Gasteiger partial charge in [0.05, 0.1) is 29.0 Å². The van der Waals surface area contributed by atoms with Crippen molar-refractivity contribution in [2.75, 3.05) is 38.3 Å². The highest BCUT2D eigenvalue weighted by Gasteiger charge is 2.42. The standard InChI is InChI=1S/C17H23ClN2O3/c1-23-17(12-21)7-10-19(11-8-17)15-6-9-20(16(15)22)14-5-3-2-4-13(14)18/h2-5,15,21H,6-12H2,1H3. The lowest BCUT2D eigenvalue weighted by Gasteiger charge is -2.41. The van der Waals surface area contributed by atoms with Gasteiger partial charge < -0.3 is 14.7 Å². The molecule has 2 saturated heterocycles. The molecule has 1 atom stereocenters. The molecule has 2 heterocycles. The number of piperidine rings is 1. The molecule has 23 heavy (non-hydrogen) atoms. The number of aliphatic hydroxyl groups excluding tert-OH is 1. The van der Waals surface area contributed by atoms with E-state index in [1.807, 2.05) is 24.3 Å². The summed E-state index contributed by atoms with van der Waals surface area (Å²) in [6.45, 7) is 2.25. The molecule has 0 aromatic heterocycles. The summed E-state index contributed by atoms with van der Waals surface area (Å²) >= 11 is 6.23. The van der Waals surface area contributed by atoms with Crippen molar-refractivity contribution in [3.05, 3.63) is 29.3 Å². The molecular formula is C17H23ClN2O3. The molecule has 1 unspecified atom stereocenters. The number of likely N-dealkylation sites (tertiary alicyclic amines) is 1. The lowest BCUT2D eigenvalue weighted by Crippen LogP contribution is -2.52. The van der Waals surface area contributed by atoms with Crippen LogP contribution in [0.25, 0.3) is 0 Å². The number of anilines is 1. The largest absolute Gasteiger partial charge is 0.393 e. The SMILES string of the molecule is COC1(CO)CCN(C2CCN(c3ccccc3Cl)C2=O)CC1. The number of halogens is 1. The Morgan fingerprint density at radius 3 is 2.61 bits per heavy atom. The Kier molecular flexibility index (Phi) is 4.92. The van der Waals surface area contributed by atoms with Gasteiger partial charge in [0, 0.05) is 26.7 Å². The van der Waals surface area contributed by atoms with E-state index in [4.69, 9.17) is 16.3 Å². The smallest absolute Gasteiger partial charge is 0.244 e. The maximum absolute atomic E-state index is 12.8. The van der Waals surface area contributed by atoms with Crippen LogP contribution in [0.5, 0.6) is 0 Å². The van der Waals surface area contributed by atoms with Gasteiger partial charge in [0.25, 0.3) is 0 Å². The van der Waals surface area contributed by atoms with Crippen LogP contribution in [0.1, 0.15) is 19.3 Å². The lowest BCUT2D eigenvalue weighted by molar-refractivity contribution is -0.126. The summed E-state index contributed by atoms with van der Waals surface area (Å²) in [5.74, 6) is 0.118. The molecule has 3 rings (SSSR count). The van der Waals surface area contributed by atoms with E-state index in [9.17, 15) is 9.90 Å². The fourth-order valence-corrected chi connectivity index (χ4v) is 3.82. The molecule has 126 valence electrons. The van der Waals surface area contributed by atoms with Gasteiger partial charge >= 0.3 is 0 Å². The average molecular weight is 339 g/mol. The second-order valence-electron chi connectivity index (χ2n) is 6.33. The molecule has 2 aliphatic heterocycles. The van der Waals surface area contributed by atoms with E-state index >= 15 is 0 Å². The van der Waals surface area contributed by atoms with Crippen molar-refractivity contribution in [3.63, 3.8) is 0 Å². The minimum absolute atomic E-state index is 0.0295. The molecule has 1 aromatic carbocycles. The number of benzene rings is 1. The molecule has 1 N–H and O–H groups in total. The molecule has 6 heteroatoms.